The fraction of sp³-hybridized carbons (Fsp3) is 0.107. The van der Waals surface area contributed by atoms with Crippen LogP contribution in [0.1, 0.15) is 30.5 Å². The Morgan fingerprint density at radius 3 is 2.27 bits per heavy atom. The summed E-state index contributed by atoms with van der Waals surface area (Å²) in [5.41, 5.74) is 9.49. The van der Waals surface area contributed by atoms with E-state index in [1.807, 2.05) is 24.3 Å². The molecule has 142 valence electrons. The molecular formula is C28H20N2. The number of nitrogens with zero attached hydrogens (tertiary/aromatic N) is 2. The minimum absolute atomic E-state index is 0.0452. The molecule has 0 N–H and O–H groups in total. The Morgan fingerprint density at radius 1 is 0.733 bits per heavy atom. The van der Waals surface area contributed by atoms with Gasteiger partial charge in [-0.2, -0.15) is 5.26 Å². The summed E-state index contributed by atoms with van der Waals surface area (Å²) in [6, 6.07) is 32.2. The topological polar surface area (TPSA) is 28.7 Å². The molecule has 2 nitrogen and oxygen atoms in total. The lowest BCUT2D eigenvalue weighted by atomic mass is 9.75. The van der Waals surface area contributed by atoms with Crippen molar-refractivity contribution in [3.05, 3.63) is 102 Å². The van der Waals surface area contributed by atoms with Crippen LogP contribution < -0.4 is 0 Å². The summed E-state index contributed by atoms with van der Waals surface area (Å²) in [6.07, 6.45) is 0. The highest BCUT2D eigenvalue weighted by atomic mass is 15.0. The molecule has 1 aliphatic rings. The van der Waals surface area contributed by atoms with Gasteiger partial charge in [0.1, 0.15) is 0 Å². The van der Waals surface area contributed by atoms with E-state index in [2.05, 4.69) is 85.1 Å². The van der Waals surface area contributed by atoms with Gasteiger partial charge in [-0.25, -0.2) is 0 Å². The molecule has 0 saturated carbocycles. The van der Waals surface area contributed by atoms with Crippen molar-refractivity contribution in [2.75, 3.05) is 0 Å². The second-order valence-corrected chi connectivity index (χ2v) is 8.60. The normalized spacial score (nSPS) is 13.9. The van der Waals surface area contributed by atoms with Crippen LogP contribution in [0.2, 0.25) is 0 Å². The lowest BCUT2D eigenvalue weighted by Crippen LogP contribution is -2.26. The van der Waals surface area contributed by atoms with Crippen molar-refractivity contribution in [3.8, 4) is 22.9 Å². The molecule has 0 saturated heterocycles. The summed E-state index contributed by atoms with van der Waals surface area (Å²) in [7, 11) is 0. The second kappa shape index (κ2) is 5.84. The van der Waals surface area contributed by atoms with Gasteiger partial charge in [0.05, 0.1) is 28.4 Å². The molecule has 4 aromatic carbocycles. The second-order valence-electron chi connectivity index (χ2n) is 8.60. The van der Waals surface area contributed by atoms with E-state index in [0.717, 1.165) is 5.56 Å². The predicted molar refractivity (Wildman–Crippen MR) is 123 cm³/mol. The maximum atomic E-state index is 9.09. The van der Waals surface area contributed by atoms with Gasteiger partial charge < -0.3 is 4.57 Å². The molecule has 0 bridgehead atoms. The third-order valence-corrected chi connectivity index (χ3v) is 6.63. The summed E-state index contributed by atoms with van der Waals surface area (Å²) in [4.78, 5) is 0. The molecule has 6 rings (SSSR count). The lowest BCUT2D eigenvalue weighted by Gasteiger charge is -2.34. The fourth-order valence-electron chi connectivity index (χ4n) is 5.08. The third kappa shape index (κ3) is 2.12. The standard InChI is InChI=1S/C28H20N2/c1-28(2)23-7-3-4-9-26(23)30-25-15-14-20(19-12-10-18(17-29)11-13-19)16-22(25)21-6-5-8-24(28)27(21)30/h3-16H,1-2H3. The first-order valence-corrected chi connectivity index (χ1v) is 10.3. The first-order chi connectivity index (χ1) is 14.6. The van der Waals surface area contributed by atoms with Crippen molar-refractivity contribution < 1.29 is 0 Å². The predicted octanol–water partition coefficient (Wildman–Crippen LogP) is 6.96. The van der Waals surface area contributed by atoms with Crippen molar-refractivity contribution in [1.29, 1.82) is 5.26 Å². The average Bonchev–Trinajstić information content (AvgIpc) is 3.12. The molecule has 2 heterocycles. The summed E-state index contributed by atoms with van der Waals surface area (Å²) in [5.74, 6) is 0. The largest absolute Gasteiger partial charge is 0.309 e. The highest BCUT2D eigenvalue weighted by Crippen LogP contribution is 2.47. The molecule has 30 heavy (non-hydrogen) atoms. The summed E-state index contributed by atoms with van der Waals surface area (Å²) in [5, 5.41) is 11.6. The van der Waals surface area contributed by atoms with Crippen LogP contribution in [0, 0.1) is 11.3 Å². The number of aromatic nitrogens is 1. The SMILES string of the molecule is CC1(C)c2ccccc2-n2c3ccc(-c4ccc(C#N)cc4)cc3c3cccc1c32. The number of hydrogen-bond acceptors (Lipinski definition) is 1. The fourth-order valence-corrected chi connectivity index (χ4v) is 5.08. The van der Waals surface area contributed by atoms with E-state index < -0.39 is 0 Å². The van der Waals surface area contributed by atoms with Crippen molar-refractivity contribution in [2.24, 2.45) is 0 Å². The molecule has 0 fully saturated rings. The molecule has 0 radical (unpaired) electrons. The number of para-hydroxylation sites is 2. The van der Waals surface area contributed by atoms with Gasteiger partial charge in [0.25, 0.3) is 0 Å². The Kier molecular flexibility index (Phi) is 3.32. The first kappa shape index (κ1) is 17.1. The van der Waals surface area contributed by atoms with Crippen LogP contribution in [0.15, 0.2) is 84.9 Å². The van der Waals surface area contributed by atoms with Crippen molar-refractivity contribution in [1.82, 2.24) is 4.57 Å². The number of fused-ring (bicyclic) bond motifs is 5. The zero-order valence-corrected chi connectivity index (χ0v) is 17.0. The Bertz CT molecular complexity index is 1510. The Hall–Kier alpha value is -3.83. The average molecular weight is 384 g/mol. The Labute approximate surface area is 175 Å². The van der Waals surface area contributed by atoms with Gasteiger partial charge in [0.2, 0.25) is 0 Å². The van der Waals surface area contributed by atoms with Crippen molar-refractivity contribution in [3.63, 3.8) is 0 Å². The van der Waals surface area contributed by atoms with Gasteiger partial charge in [-0.15, -0.1) is 0 Å². The van der Waals surface area contributed by atoms with Crippen LogP contribution in [-0.2, 0) is 5.41 Å². The van der Waals surface area contributed by atoms with Crippen LogP contribution in [-0.4, -0.2) is 4.57 Å². The maximum absolute atomic E-state index is 9.09. The van der Waals surface area contributed by atoms with E-state index in [-0.39, 0.29) is 5.41 Å². The van der Waals surface area contributed by atoms with Crippen molar-refractivity contribution in [2.45, 2.75) is 19.3 Å². The van der Waals surface area contributed by atoms with Crippen molar-refractivity contribution >= 4 is 21.8 Å². The number of rotatable bonds is 1. The molecule has 5 aromatic rings. The molecule has 2 heteroatoms. The zero-order chi connectivity index (χ0) is 20.5. The zero-order valence-electron chi connectivity index (χ0n) is 17.0. The van der Waals surface area contributed by atoms with Crippen LogP contribution in [0.5, 0.6) is 0 Å². The van der Waals surface area contributed by atoms with Crippen LogP contribution in [0.25, 0.3) is 38.6 Å². The molecule has 0 atom stereocenters. The quantitative estimate of drug-likeness (QED) is 0.307. The number of nitriles is 1. The highest BCUT2D eigenvalue weighted by molar-refractivity contribution is 6.12. The maximum Gasteiger partial charge on any atom is 0.0991 e. The summed E-state index contributed by atoms with van der Waals surface area (Å²) < 4.78 is 2.43. The van der Waals surface area contributed by atoms with Crippen LogP contribution in [0.4, 0.5) is 0 Å². The molecule has 0 unspecified atom stereocenters. The molecule has 0 amide bonds. The highest BCUT2D eigenvalue weighted by Gasteiger charge is 2.34. The van der Waals surface area contributed by atoms with E-state index in [1.54, 1.807) is 0 Å². The Morgan fingerprint density at radius 2 is 1.47 bits per heavy atom. The molecule has 0 spiro atoms. The van der Waals surface area contributed by atoms with Gasteiger partial charge in [0, 0.05) is 16.2 Å². The van der Waals surface area contributed by atoms with E-state index in [0.29, 0.717) is 5.56 Å². The van der Waals surface area contributed by atoms with E-state index >= 15 is 0 Å². The molecule has 1 aliphatic heterocycles. The number of benzene rings is 4. The molecular weight excluding hydrogens is 364 g/mol. The Balaban J connectivity index is 1.71. The smallest absolute Gasteiger partial charge is 0.0991 e. The summed E-state index contributed by atoms with van der Waals surface area (Å²) in [6.45, 7) is 4.65. The minimum Gasteiger partial charge on any atom is -0.309 e. The molecule has 0 aliphatic carbocycles. The van der Waals surface area contributed by atoms with Gasteiger partial charge in [-0.05, 0) is 52.6 Å². The lowest BCUT2D eigenvalue weighted by molar-refractivity contribution is 0.630. The van der Waals surface area contributed by atoms with Gasteiger partial charge in [-0.3, -0.25) is 0 Å². The third-order valence-electron chi connectivity index (χ3n) is 6.63. The van der Waals surface area contributed by atoms with E-state index in [4.69, 9.17) is 5.26 Å². The number of hydrogen-bond donors (Lipinski definition) is 0. The van der Waals surface area contributed by atoms with E-state index in [1.165, 1.54) is 44.2 Å². The minimum atomic E-state index is -0.0452. The van der Waals surface area contributed by atoms with Gasteiger partial charge >= 0.3 is 0 Å². The van der Waals surface area contributed by atoms with Gasteiger partial charge in [-0.1, -0.05) is 68.4 Å². The first-order valence-electron chi connectivity index (χ1n) is 10.3. The van der Waals surface area contributed by atoms with Crippen LogP contribution >= 0.6 is 0 Å². The van der Waals surface area contributed by atoms with Crippen LogP contribution in [0.3, 0.4) is 0 Å². The monoisotopic (exact) mass is 384 g/mol. The summed E-state index contributed by atoms with van der Waals surface area (Å²) >= 11 is 0. The van der Waals surface area contributed by atoms with E-state index in [9.17, 15) is 0 Å². The molecule has 1 aromatic heterocycles. The van der Waals surface area contributed by atoms with Gasteiger partial charge in [0.15, 0.2) is 0 Å².